The summed E-state index contributed by atoms with van der Waals surface area (Å²) in [5.41, 5.74) is 0. The van der Waals surface area contributed by atoms with E-state index in [9.17, 15) is 0 Å². The Labute approximate surface area is 102 Å². The third-order valence-electron chi connectivity index (χ3n) is 3.97. The summed E-state index contributed by atoms with van der Waals surface area (Å²) in [5.74, 6) is 0.745. The standard InChI is InChI=1S/C12H20N4O/c1-2-7-16(8-12-14-9-15-17-12)11(5-1)10-4-3-6-13-10/h9-11,13H,1-8H2. The van der Waals surface area contributed by atoms with Gasteiger partial charge in [0.15, 0.2) is 6.33 Å². The lowest BCUT2D eigenvalue weighted by molar-refractivity contribution is 0.0993. The zero-order valence-corrected chi connectivity index (χ0v) is 10.1. The third-order valence-corrected chi connectivity index (χ3v) is 3.97. The molecule has 2 aliphatic rings. The fourth-order valence-electron chi connectivity index (χ4n) is 3.15. The Kier molecular flexibility index (Phi) is 3.38. The van der Waals surface area contributed by atoms with Crippen molar-refractivity contribution in [2.45, 2.75) is 50.7 Å². The first-order chi connectivity index (χ1) is 8.43. The van der Waals surface area contributed by atoms with Gasteiger partial charge in [-0.2, -0.15) is 4.98 Å². The van der Waals surface area contributed by atoms with E-state index in [0.717, 1.165) is 19.0 Å². The zero-order chi connectivity index (χ0) is 11.5. The lowest BCUT2D eigenvalue weighted by Gasteiger charge is -2.38. The number of nitrogens with one attached hydrogen (secondary N) is 1. The molecule has 1 N–H and O–H groups in total. The van der Waals surface area contributed by atoms with Crippen LogP contribution in [-0.4, -0.2) is 40.2 Å². The van der Waals surface area contributed by atoms with E-state index >= 15 is 0 Å². The molecule has 17 heavy (non-hydrogen) atoms. The molecule has 0 bridgehead atoms. The molecule has 0 aliphatic carbocycles. The second-order valence-electron chi connectivity index (χ2n) is 5.07. The van der Waals surface area contributed by atoms with E-state index in [1.165, 1.54) is 45.0 Å². The van der Waals surface area contributed by atoms with Gasteiger partial charge in [-0.15, -0.1) is 0 Å². The van der Waals surface area contributed by atoms with Crippen molar-refractivity contribution >= 4 is 0 Å². The van der Waals surface area contributed by atoms with E-state index in [4.69, 9.17) is 4.52 Å². The lowest BCUT2D eigenvalue weighted by Crippen LogP contribution is -2.49. The molecule has 0 aromatic carbocycles. The Morgan fingerprint density at radius 1 is 1.35 bits per heavy atom. The molecule has 5 heteroatoms. The average Bonchev–Trinajstić information content (AvgIpc) is 3.01. The maximum Gasteiger partial charge on any atom is 0.240 e. The van der Waals surface area contributed by atoms with Gasteiger partial charge in [-0.1, -0.05) is 11.6 Å². The molecule has 3 rings (SSSR count). The van der Waals surface area contributed by atoms with Gasteiger partial charge in [-0.05, 0) is 38.8 Å². The smallest absolute Gasteiger partial charge is 0.240 e. The highest BCUT2D eigenvalue weighted by molar-refractivity contribution is 4.92. The monoisotopic (exact) mass is 236 g/mol. The van der Waals surface area contributed by atoms with Crippen molar-refractivity contribution in [3.05, 3.63) is 12.2 Å². The van der Waals surface area contributed by atoms with E-state index in [2.05, 4.69) is 20.4 Å². The minimum atomic E-state index is 0.651. The van der Waals surface area contributed by atoms with Gasteiger partial charge in [0, 0.05) is 12.1 Å². The molecule has 0 radical (unpaired) electrons. The van der Waals surface area contributed by atoms with Crippen LogP contribution in [0, 0.1) is 0 Å². The topological polar surface area (TPSA) is 54.2 Å². The minimum absolute atomic E-state index is 0.651. The van der Waals surface area contributed by atoms with Gasteiger partial charge < -0.3 is 9.84 Å². The van der Waals surface area contributed by atoms with Crippen molar-refractivity contribution in [1.29, 1.82) is 0 Å². The van der Waals surface area contributed by atoms with Gasteiger partial charge in [0.05, 0.1) is 6.54 Å². The number of likely N-dealkylation sites (tertiary alicyclic amines) is 1. The zero-order valence-electron chi connectivity index (χ0n) is 10.1. The van der Waals surface area contributed by atoms with Crippen molar-refractivity contribution < 1.29 is 4.52 Å². The Balaban J connectivity index is 1.66. The molecule has 0 amide bonds. The molecule has 2 aliphatic heterocycles. The second kappa shape index (κ2) is 5.14. The summed E-state index contributed by atoms with van der Waals surface area (Å²) in [7, 11) is 0. The summed E-state index contributed by atoms with van der Waals surface area (Å²) in [4.78, 5) is 6.65. The van der Waals surface area contributed by atoms with Crippen molar-refractivity contribution in [3.63, 3.8) is 0 Å². The van der Waals surface area contributed by atoms with Crippen LogP contribution in [0.1, 0.15) is 38.0 Å². The fraction of sp³-hybridized carbons (Fsp3) is 0.833. The summed E-state index contributed by atoms with van der Waals surface area (Å²) in [6.07, 6.45) is 8.05. The first kappa shape index (κ1) is 11.2. The first-order valence-electron chi connectivity index (χ1n) is 6.66. The highest BCUT2D eigenvalue weighted by Gasteiger charge is 2.32. The summed E-state index contributed by atoms with van der Waals surface area (Å²) in [5, 5.41) is 7.31. The summed E-state index contributed by atoms with van der Waals surface area (Å²) in [6, 6.07) is 1.32. The highest BCUT2D eigenvalue weighted by Crippen LogP contribution is 2.25. The molecule has 2 unspecified atom stereocenters. The molecule has 2 fully saturated rings. The van der Waals surface area contributed by atoms with Gasteiger partial charge in [-0.25, -0.2) is 0 Å². The van der Waals surface area contributed by atoms with Crippen LogP contribution in [0.5, 0.6) is 0 Å². The first-order valence-corrected chi connectivity index (χ1v) is 6.66. The molecule has 3 heterocycles. The quantitative estimate of drug-likeness (QED) is 0.854. The van der Waals surface area contributed by atoms with Crippen LogP contribution in [0.15, 0.2) is 10.9 Å². The SMILES string of the molecule is c1noc(CN2CCCCC2C2CCCN2)n1. The Morgan fingerprint density at radius 3 is 3.12 bits per heavy atom. The lowest BCUT2D eigenvalue weighted by atomic mass is 9.94. The van der Waals surface area contributed by atoms with Crippen LogP contribution >= 0.6 is 0 Å². The third kappa shape index (κ3) is 2.50. The highest BCUT2D eigenvalue weighted by atomic mass is 16.5. The van der Waals surface area contributed by atoms with E-state index in [-0.39, 0.29) is 0 Å². The van der Waals surface area contributed by atoms with Gasteiger partial charge >= 0.3 is 0 Å². The van der Waals surface area contributed by atoms with E-state index in [1.807, 2.05) is 0 Å². The molecule has 0 spiro atoms. The number of nitrogens with zero attached hydrogens (tertiary/aromatic N) is 3. The van der Waals surface area contributed by atoms with Gasteiger partial charge in [0.1, 0.15) is 0 Å². The molecule has 94 valence electrons. The van der Waals surface area contributed by atoms with Crippen molar-refractivity contribution in [2.24, 2.45) is 0 Å². The Hall–Kier alpha value is -0.940. The molecule has 2 saturated heterocycles. The minimum Gasteiger partial charge on any atom is -0.338 e. The molecular formula is C12H20N4O. The van der Waals surface area contributed by atoms with Crippen molar-refractivity contribution in [1.82, 2.24) is 20.4 Å². The molecule has 5 nitrogen and oxygen atoms in total. The molecule has 2 atom stereocenters. The van der Waals surface area contributed by atoms with Crippen LogP contribution in [0.4, 0.5) is 0 Å². The predicted molar refractivity (Wildman–Crippen MR) is 63.4 cm³/mol. The fourth-order valence-corrected chi connectivity index (χ4v) is 3.15. The maximum absolute atomic E-state index is 5.12. The van der Waals surface area contributed by atoms with Gasteiger partial charge in [0.25, 0.3) is 0 Å². The van der Waals surface area contributed by atoms with Crippen LogP contribution in [0.25, 0.3) is 0 Å². The Bertz CT molecular complexity index is 334. The van der Waals surface area contributed by atoms with Gasteiger partial charge in [0.2, 0.25) is 5.89 Å². The average molecular weight is 236 g/mol. The van der Waals surface area contributed by atoms with E-state index in [0.29, 0.717) is 12.1 Å². The van der Waals surface area contributed by atoms with Crippen LogP contribution < -0.4 is 5.32 Å². The summed E-state index contributed by atoms with van der Waals surface area (Å²) < 4.78 is 5.12. The predicted octanol–water partition coefficient (Wildman–Crippen LogP) is 1.18. The normalized spacial score (nSPS) is 30.8. The number of hydrogen-bond acceptors (Lipinski definition) is 5. The maximum atomic E-state index is 5.12. The molecular weight excluding hydrogens is 216 g/mol. The van der Waals surface area contributed by atoms with Gasteiger partial charge in [-0.3, -0.25) is 4.90 Å². The number of hydrogen-bond donors (Lipinski definition) is 1. The van der Waals surface area contributed by atoms with Crippen LogP contribution in [-0.2, 0) is 6.54 Å². The molecule has 1 aromatic rings. The number of piperidine rings is 1. The number of aromatic nitrogens is 2. The summed E-state index contributed by atoms with van der Waals surface area (Å²) in [6.45, 7) is 3.14. The molecule has 1 aromatic heterocycles. The van der Waals surface area contributed by atoms with E-state index in [1.54, 1.807) is 0 Å². The van der Waals surface area contributed by atoms with Crippen molar-refractivity contribution in [3.8, 4) is 0 Å². The van der Waals surface area contributed by atoms with Crippen LogP contribution in [0.3, 0.4) is 0 Å². The second-order valence-corrected chi connectivity index (χ2v) is 5.07. The summed E-state index contributed by atoms with van der Waals surface area (Å²) >= 11 is 0. The Morgan fingerprint density at radius 2 is 2.35 bits per heavy atom. The van der Waals surface area contributed by atoms with E-state index < -0.39 is 0 Å². The van der Waals surface area contributed by atoms with Crippen LogP contribution in [0.2, 0.25) is 0 Å². The molecule has 0 saturated carbocycles. The number of rotatable bonds is 3. The van der Waals surface area contributed by atoms with Crippen molar-refractivity contribution in [2.75, 3.05) is 13.1 Å². The largest absolute Gasteiger partial charge is 0.338 e.